The van der Waals surface area contributed by atoms with Gasteiger partial charge in [-0.25, -0.2) is 9.59 Å². The number of allylic oxidation sites excluding steroid dienone is 3. The van der Waals surface area contributed by atoms with Crippen LogP contribution in [0.15, 0.2) is 66.2 Å². The second-order valence-corrected chi connectivity index (χ2v) is 10.9. The van der Waals surface area contributed by atoms with Crippen molar-refractivity contribution in [2.75, 3.05) is 24.7 Å². The first-order valence-corrected chi connectivity index (χ1v) is 13.8. The number of carbonyl (C=O) groups is 2. The van der Waals surface area contributed by atoms with Crippen molar-refractivity contribution in [3.8, 4) is 0 Å². The minimum atomic E-state index is -1.27. The molecule has 1 aliphatic rings. The molecule has 1 aromatic rings. The molecule has 2 N–H and O–H groups in total. The van der Waals surface area contributed by atoms with E-state index >= 15 is 0 Å². The number of para-hydroxylation sites is 1. The van der Waals surface area contributed by atoms with Gasteiger partial charge in [-0.15, -0.1) is 0 Å². The van der Waals surface area contributed by atoms with Crippen molar-refractivity contribution in [1.29, 1.82) is 0 Å². The lowest BCUT2D eigenvalue weighted by molar-refractivity contribution is -0.141. The van der Waals surface area contributed by atoms with Gasteiger partial charge in [-0.3, -0.25) is 0 Å². The molecule has 220 valence electrons. The van der Waals surface area contributed by atoms with Gasteiger partial charge in [0, 0.05) is 23.8 Å². The number of amides is 1. The van der Waals surface area contributed by atoms with E-state index in [-0.39, 0.29) is 19.0 Å². The SMILES string of the molecule is C=C(COC[C@H](NC(=O)OC(C)(C)C)C(=O)O)O/N=C(\C)CCCCCN1C(=C)C(C/C=C\C)c2ccccc21. The maximum absolute atomic E-state index is 11.8. The molecule has 0 bridgehead atoms. The van der Waals surface area contributed by atoms with Crippen molar-refractivity contribution >= 4 is 23.5 Å². The van der Waals surface area contributed by atoms with Gasteiger partial charge in [-0.05, 0) is 71.9 Å². The number of hydrogen-bond acceptors (Lipinski definition) is 7. The molecule has 40 heavy (non-hydrogen) atoms. The van der Waals surface area contributed by atoms with Crippen LogP contribution < -0.4 is 10.2 Å². The molecule has 0 aromatic heterocycles. The zero-order valence-electron chi connectivity index (χ0n) is 24.6. The first-order valence-electron chi connectivity index (χ1n) is 13.8. The van der Waals surface area contributed by atoms with Crippen molar-refractivity contribution in [2.45, 2.75) is 84.3 Å². The molecule has 9 nitrogen and oxygen atoms in total. The number of benzene rings is 1. The average molecular weight is 556 g/mol. The number of carboxylic acids is 1. The fourth-order valence-electron chi connectivity index (χ4n) is 4.31. The van der Waals surface area contributed by atoms with Crippen LogP contribution in [0.2, 0.25) is 0 Å². The van der Waals surface area contributed by atoms with Gasteiger partial charge in [0.1, 0.15) is 12.2 Å². The quantitative estimate of drug-likeness (QED) is 0.0784. The summed E-state index contributed by atoms with van der Waals surface area (Å²) in [7, 11) is 0. The topological polar surface area (TPSA) is 110 Å². The van der Waals surface area contributed by atoms with Crippen LogP contribution >= 0.6 is 0 Å². The molecule has 2 rings (SSSR count). The van der Waals surface area contributed by atoms with E-state index < -0.39 is 23.7 Å². The second-order valence-electron chi connectivity index (χ2n) is 10.9. The van der Waals surface area contributed by atoms with Gasteiger partial charge >= 0.3 is 12.1 Å². The van der Waals surface area contributed by atoms with Gasteiger partial charge in [0.05, 0.1) is 12.3 Å². The number of carbonyl (C=O) groups excluding carboxylic acids is 1. The zero-order chi connectivity index (χ0) is 29.7. The van der Waals surface area contributed by atoms with E-state index in [2.05, 4.69) is 64.9 Å². The Kier molecular flexibility index (Phi) is 12.9. The number of alkyl carbamates (subject to hydrolysis) is 1. The molecular formula is C31H45N3O6. The Morgan fingerprint density at radius 1 is 1.23 bits per heavy atom. The molecule has 1 unspecified atom stereocenters. The van der Waals surface area contributed by atoms with Crippen LogP contribution in [0.4, 0.5) is 10.5 Å². The zero-order valence-corrected chi connectivity index (χ0v) is 24.6. The molecule has 1 aromatic carbocycles. The summed E-state index contributed by atoms with van der Waals surface area (Å²) < 4.78 is 10.4. The van der Waals surface area contributed by atoms with E-state index in [1.54, 1.807) is 20.8 Å². The third-order valence-corrected chi connectivity index (χ3v) is 6.25. The molecule has 0 fully saturated rings. The highest BCUT2D eigenvalue weighted by atomic mass is 16.6. The number of nitrogens with one attached hydrogen (secondary N) is 1. The van der Waals surface area contributed by atoms with Gasteiger partial charge in [0.15, 0.2) is 11.8 Å². The average Bonchev–Trinajstić information content (AvgIpc) is 3.14. The smallest absolute Gasteiger partial charge is 0.408 e. The monoisotopic (exact) mass is 555 g/mol. The maximum atomic E-state index is 11.8. The van der Waals surface area contributed by atoms with Crippen molar-refractivity contribution in [3.05, 3.63) is 66.6 Å². The number of carboxylic acid groups (broad SMARTS) is 1. The Balaban J connectivity index is 1.68. The molecule has 2 atom stereocenters. The first kappa shape index (κ1) is 32.6. The van der Waals surface area contributed by atoms with E-state index in [9.17, 15) is 14.7 Å². The molecule has 9 heteroatoms. The minimum absolute atomic E-state index is 0.0627. The number of aliphatic carboxylic acids is 1. The number of rotatable bonds is 16. The molecule has 0 saturated carbocycles. The summed E-state index contributed by atoms with van der Waals surface area (Å²) in [6, 6.07) is 7.30. The Hall–Kier alpha value is -3.59. The molecular weight excluding hydrogens is 510 g/mol. The number of nitrogens with zero attached hydrogens (tertiary/aromatic N) is 2. The maximum Gasteiger partial charge on any atom is 0.408 e. The van der Waals surface area contributed by atoms with Crippen LogP contribution in [-0.2, 0) is 19.1 Å². The van der Waals surface area contributed by atoms with E-state index in [1.165, 1.54) is 16.9 Å². The van der Waals surface area contributed by atoms with Gasteiger partial charge in [-0.2, -0.15) is 0 Å². The van der Waals surface area contributed by atoms with Crippen molar-refractivity contribution in [2.24, 2.45) is 5.16 Å². The highest BCUT2D eigenvalue weighted by molar-refractivity contribution is 5.81. The van der Waals surface area contributed by atoms with E-state index in [0.717, 1.165) is 44.4 Å². The molecule has 0 radical (unpaired) electrons. The number of unbranched alkanes of at least 4 members (excludes halogenated alkanes) is 2. The summed E-state index contributed by atoms with van der Waals surface area (Å²) in [6.45, 7) is 17.8. The summed E-state index contributed by atoms with van der Waals surface area (Å²) in [5, 5.41) is 15.7. The van der Waals surface area contributed by atoms with Gasteiger partial charge in [-0.1, -0.05) is 55.1 Å². The van der Waals surface area contributed by atoms with Gasteiger partial charge in [0.2, 0.25) is 0 Å². The molecule has 0 aliphatic carbocycles. The van der Waals surface area contributed by atoms with Crippen LogP contribution in [0.1, 0.15) is 78.2 Å². The Morgan fingerprint density at radius 2 is 1.95 bits per heavy atom. The number of anilines is 1. The normalized spacial score (nSPS) is 16.1. The highest BCUT2D eigenvalue weighted by Gasteiger charge is 2.30. The third-order valence-electron chi connectivity index (χ3n) is 6.25. The fraction of sp³-hybridized carbons (Fsp3) is 0.516. The van der Waals surface area contributed by atoms with E-state index in [0.29, 0.717) is 5.92 Å². The van der Waals surface area contributed by atoms with Crippen LogP contribution in [0.5, 0.6) is 0 Å². The predicted octanol–water partition coefficient (Wildman–Crippen LogP) is 6.53. The first-order chi connectivity index (χ1) is 18.9. The Bertz CT molecular complexity index is 1090. The minimum Gasteiger partial charge on any atom is -0.480 e. The summed E-state index contributed by atoms with van der Waals surface area (Å²) >= 11 is 0. The van der Waals surface area contributed by atoms with Gasteiger partial charge < -0.3 is 29.6 Å². The lowest BCUT2D eigenvalue weighted by atomic mass is 9.96. The molecule has 1 aliphatic heterocycles. The summed E-state index contributed by atoms with van der Waals surface area (Å²) in [4.78, 5) is 30.9. The summed E-state index contributed by atoms with van der Waals surface area (Å²) in [5.74, 6) is -0.662. The Labute approximate surface area is 238 Å². The van der Waals surface area contributed by atoms with Crippen LogP contribution in [-0.4, -0.2) is 54.3 Å². The summed E-state index contributed by atoms with van der Waals surface area (Å²) in [5.41, 5.74) is 3.88. The van der Waals surface area contributed by atoms with Crippen LogP contribution in [0.25, 0.3) is 0 Å². The number of ether oxygens (including phenoxy) is 2. The fourth-order valence-corrected chi connectivity index (χ4v) is 4.31. The van der Waals surface area contributed by atoms with Crippen LogP contribution in [0, 0.1) is 0 Å². The molecule has 1 heterocycles. The third kappa shape index (κ3) is 10.9. The van der Waals surface area contributed by atoms with E-state index in [4.69, 9.17) is 14.3 Å². The summed E-state index contributed by atoms with van der Waals surface area (Å²) in [6.07, 6.45) is 8.29. The highest BCUT2D eigenvalue weighted by Crippen LogP contribution is 2.44. The molecule has 1 amide bonds. The standard InChI is InChI=1S/C31H45N3O6/c1-8-9-16-25-24(4)34(28-18-13-12-17-26(25)28)19-14-10-11-15-22(2)33-40-23(3)20-38-21-27(29(35)36)32-30(37)39-31(5,6)7/h8-9,12-13,17-18,25,27H,3-4,10-11,14-16,19-21H2,1-2,5-7H3,(H,32,37)(H,35,36)/b9-8-,33-22+/t25?,27-/m0/s1. The van der Waals surface area contributed by atoms with Crippen molar-refractivity contribution in [3.63, 3.8) is 0 Å². The van der Waals surface area contributed by atoms with Crippen LogP contribution in [0.3, 0.4) is 0 Å². The van der Waals surface area contributed by atoms with Crippen molar-refractivity contribution in [1.82, 2.24) is 5.32 Å². The van der Waals surface area contributed by atoms with E-state index in [1.807, 2.05) is 13.8 Å². The largest absolute Gasteiger partial charge is 0.480 e. The number of hydrogen-bond donors (Lipinski definition) is 2. The number of fused-ring (bicyclic) bond motifs is 1. The Morgan fingerprint density at radius 3 is 2.62 bits per heavy atom. The number of oxime groups is 1. The molecule has 0 spiro atoms. The lowest BCUT2D eigenvalue weighted by Gasteiger charge is -2.22. The second kappa shape index (κ2) is 15.9. The van der Waals surface area contributed by atoms with Gasteiger partial charge in [0.25, 0.3) is 0 Å². The van der Waals surface area contributed by atoms with Crippen molar-refractivity contribution < 1.29 is 29.0 Å². The molecule has 0 saturated heterocycles. The predicted molar refractivity (Wildman–Crippen MR) is 159 cm³/mol. The lowest BCUT2D eigenvalue weighted by Crippen LogP contribution is -2.46.